The minimum absolute atomic E-state index is 0.167. The first-order valence-corrected chi connectivity index (χ1v) is 11.4. The molecule has 6 nitrogen and oxygen atoms in total. The quantitative estimate of drug-likeness (QED) is 0.400. The Kier molecular flexibility index (Phi) is 5.07. The van der Waals surface area contributed by atoms with Gasteiger partial charge in [-0.05, 0) is 49.7 Å². The predicted octanol–water partition coefficient (Wildman–Crippen LogP) is 5.13. The molecular formula is C23H17FN4O2S2. The average molecular weight is 465 g/mol. The Morgan fingerprint density at radius 3 is 2.69 bits per heavy atom. The Hall–Kier alpha value is -3.43. The van der Waals surface area contributed by atoms with Gasteiger partial charge in [0.1, 0.15) is 17.2 Å². The topological polar surface area (TPSA) is 76.9 Å². The van der Waals surface area contributed by atoms with Gasteiger partial charge in [0.25, 0.3) is 5.56 Å². The van der Waals surface area contributed by atoms with Crippen LogP contribution in [-0.2, 0) is 11.3 Å². The van der Waals surface area contributed by atoms with Crippen LogP contribution in [0.25, 0.3) is 31.6 Å². The number of amides is 1. The fraction of sp³-hybridized carbons (Fsp3) is 0.130. The number of rotatable bonds is 4. The average Bonchev–Trinajstić information content (AvgIpc) is 3.29. The van der Waals surface area contributed by atoms with Crippen molar-refractivity contribution in [2.45, 2.75) is 20.4 Å². The molecule has 3 aromatic heterocycles. The highest BCUT2D eigenvalue weighted by molar-refractivity contribution is 7.19. The number of carbonyl (C=O) groups excluding carboxylic acids is 1. The number of hydrogen-bond donors (Lipinski definition) is 1. The largest absolute Gasteiger partial charge is 0.324 e. The van der Waals surface area contributed by atoms with Crippen LogP contribution >= 0.6 is 22.7 Å². The molecule has 5 aromatic rings. The predicted molar refractivity (Wildman–Crippen MR) is 127 cm³/mol. The van der Waals surface area contributed by atoms with Crippen molar-refractivity contribution >= 4 is 54.7 Å². The molecule has 160 valence electrons. The molecule has 5 rings (SSSR count). The van der Waals surface area contributed by atoms with Gasteiger partial charge in [0, 0.05) is 16.1 Å². The Morgan fingerprint density at radius 2 is 1.91 bits per heavy atom. The van der Waals surface area contributed by atoms with Crippen molar-refractivity contribution in [2.24, 2.45) is 0 Å². The second-order valence-electron chi connectivity index (χ2n) is 7.36. The lowest BCUT2D eigenvalue weighted by Crippen LogP contribution is -2.27. The van der Waals surface area contributed by atoms with E-state index in [1.54, 1.807) is 29.5 Å². The summed E-state index contributed by atoms with van der Waals surface area (Å²) in [5, 5.41) is 4.23. The lowest BCUT2D eigenvalue weighted by molar-refractivity contribution is -0.116. The number of benzene rings is 2. The molecule has 0 aliphatic rings. The summed E-state index contributed by atoms with van der Waals surface area (Å²) in [7, 11) is 0. The maximum Gasteiger partial charge on any atom is 0.263 e. The van der Waals surface area contributed by atoms with Crippen LogP contribution < -0.4 is 10.9 Å². The number of fused-ring (bicyclic) bond motifs is 2. The highest BCUT2D eigenvalue weighted by Crippen LogP contribution is 2.35. The third-order valence-corrected chi connectivity index (χ3v) is 7.03. The number of nitrogens with one attached hydrogen (secondary N) is 1. The van der Waals surface area contributed by atoms with Gasteiger partial charge in [0.2, 0.25) is 5.91 Å². The van der Waals surface area contributed by atoms with Crippen molar-refractivity contribution < 1.29 is 9.18 Å². The van der Waals surface area contributed by atoms with Crippen molar-refractivity contribution in [3.63, 3.8) is 0 Å². The third kappa shape index (κ3) is 3.69. The van der Waals surface area contributed by atoms with E-state index < -0.39 is 0 Å². The number of nitrogens with zero attached hydrogens (tertiary/aromatic N) is 3. The number of hydrogen-bond acceptors (Lipinski definition) is 6. The van der Waals surface area contributed by atoms with Crippen LogP contribution in [0.15, 0.2) is 53.6 Å². The van der Waals surface area contributed by atoms with Gasteiger partial charge in [0.15, 0.2) is 0 Å². The van der Waals surface area contributed by atoms with Crippen LogP contribution in [0.3, 0.4) is 0 Å². The lowest BCUT2D eigenvalue weighted by Gasteiger charge is -2.08. The summed E-state index contributed by atoms with van der Waals surface area (Å²) in [5.74, 6) is -0.672. The summed E-state index contributed by atoms with van der Waals surface area (Å²) in [4.78, 5) is 36.2. The molecule has 0 atom stereocenters. The Bertz CT molecular complexity index is 1550. The summed E-state index contributed by atoms with van der Waals surface area (Å²) in [5.41, 5.74) is 2.69. The van der Waals surface area contributed by atoms with Gasteiger partial charge in [-0.2, -0.15) is 0 Å². The van der Waals surface area contributed by atoms with Crippen LogP contribution in [0.4, 0.5) is 10.1 Å². The van der Waals surface area contributed by atoms with E-state index in [0.29, 0.717) is 15.9 Å². The maximum absolute atomic E-state index is 13.4. The van der Waals surface area contributed by atoms with Gasteiger partial charge in [-0.25, -0.2) is 14.4 Å². The Morgan fingerprint density at radius 1 is 1.12 bits per heavy atom. The normalized spacial score (nSPS) is 11.3. The van der Waals surface area contributed by atoms with Crippen LogP contribution in [0.5, 0.6) is 0 Å². The van der Waals surface area contributed by atoms with E-state index in [1.807, 2.05) is 26.0 Å². The van der Waals surface area contributed by atoms with Crippen LogP contribution in [-0.4, -0.2) is 20.4 Å². The molecule has 0 aliphatic heterocycles. The number of halogens is 1. The van der Waals surface area contributed by atoms with E-state index in [-0.39, 0.29) is 23.8 Å². The number of carbonyl (C=O) groups is 1. The minimum atomic E-state index is -0.343. The van der Waals surface area contributed by atoms with E-state index in [1.165, 1.54) is 34.4 Å². The monoisotopic (exact) mass is 464 g/mol. The minimum Gasteiger partial charge on any atom is -0.324 e. The number of anilines is 1. The summed E-state index contributed by atoms with van der Waals surface area (Å²) < 4.78 is 15.7. The van der Waals surface area contributed by atoms with Gasteiger partial charge in [-0.3, -0.25) is 14.2 Å². The molecule has 0 bridgehead atoms. The van der Waals surface area contributed by atoms with Crippen LogP contribution in [0, 0.1) is 19.7 Å². The first-order chi connectivity index (χ1) is 15.4. The zero-order valence-electron chi connectivity index (χ0n) is 17.2. The summed E-state index contributed by atoms with van der Waals surface area (Å²) in [6, 6.07) is 11.5. The van der Waals surface area contributed by atoms with Crippen molar-refractivity contribution in [3.05, 3.63) is 74.8 Å². The van der Waals surface area contributed by atoms with Crippen LogP contribution in [0.1, 0.15) is 9.88 Å². The lowest BCUT2D eigenvalue weighted by atomic mass is 10.0. The summed E-state index contributed by atoms with van der Waals surface area (Å²) >= 11 is 2.96. The highest BCUT2D eigenvalue weighted by Gasteiger charge is 2.18. The zero-order valence-corrected chi connectivity index (χ0v) is 18.8. The zero-order chi connectivity index (χ0) is 22.4. The second kappa shape index (κ2) is 7.92. The van der Waals surface area contributed by atoms with Gasteiger partial charge in [-0.1, -0.05) is 12.1 Å². The molecule has 2 aromatic carbocycles. The molecule has 1 N–H and O–H groups in total. The van der Waals surface area contributed by atoms with E-state index in [9.17, 15) is 14.0 Å². The van der Waals surface area contributed by atoms with Crippen molar-refractivity contribution in [3.8, 4) is 11.1 Å². The van der Waals surface area contributed by atoms with E-state index in [0.717, 1.165) is 31.2 Å². The van der Waals surface area contributed by atoms with Gasteiger partial charge < -0.3 is 5.32 Å². The Labute approximate surface area is 190 Å². The standard InChI is InChI=1S/C23H17FN4O2S2/c1-12-20(14-3-5-15(24)6-4-14)21-22(31-12)25-11-28(23(21)30)10-19(29)27-16-7-8-17-18(9-16)32-13(2)26-17/h3-9,11H,10H2,1-2H3,(H,27,29). The van der Waals surface area contributed by atoms with E-state index in [4.69, 9.17) is 0 Å². The van der Waals surface area contributed by atoms with Gasteiger partial charge >= 0.3 is 0 Å². The molecule has 0 unspecified atom stereocenters. The molecule has 0 radical (unpaired) electrons. The fourth-order valence-electron chi connectivity index (χ4n) is 3.69. The molecule has 0 fully saturated rings. The fourth-order valence-corrected chi connectivity index (χ4v) is 5.56. The van der Waals surface area contributed by atoms with Gasteiger partial charge in [-0.15, -0.1) is 22.7 Å². The smallest absolute Gasteiger partial charge is 0.263 e. The molecule has 32 heavy (non-hydrogen) atoms. The number of thiazole rings is 1. The summed E-state index contributed by atoms with van der Waals surface area (Å²) in [6.45, 7) is 3.67. The maximum atomic E-state index is 13.4. The third-order valence-electron chi connectivity index (χ3n) is 5.08. The van der Waals surface area contributed by atoms with Crippen molar-refractivity contribution in [1.29, 1.82) is 0 Å². The van der Waals surface area contributed by atoms with Crippen molar-refractivity contribution in [1.82, 2.24) is 14.5 Å². The molecule has 0 saturated carbocycles. The summed E-state index contributed by atoms with van der Waals surface area (Å²) in [6.07, 6.45) is 1.39. The molecule has 1 amide bonds. The second-order valence-corrected chi connectivity index (χ2v) is 9.80. The van der Waals surface area contributed by atoms with Crippen molar-refractivity contribution in [2.75, 3.05) is 5.32 Å². The molecule has 9 heteroatoms. The molecular weight excluding hydrogens is 447 g/mol. The highest BCUT2D eigenvalue weighted by atomic mass is 32.1. The van der Waals surface area contributed by atoms with Crippen LogP contribution in [0.2, 0.25) is 0 Å². The Balaban J connectivity index is 1.46. The molecule has 0 saturated heterocycles. The number of aryl methyl sites for hydroxylation is 2. The number of aromatic nitrogens is 3. The van der Waals surface area contributed by atoms with Gasteiger partial charge in [0.05, 0.1) is 26.9 Å². The SMILES string of the molecule is Cc1nc2ccc(NC(=O)Cn3cnc4sc(C)c(-c5ccc(F)cc5)c4c3=O)cc2s1. The molecule has 3 heterocycles. The molecule has 0 aliphatic carbocycles. The first-order valence-electron chi connectivity index (χ1n) is 9.80. The van der Waals surface area contributed by atoms with E-state index in [2.05, 4.69) is 15.3 Å². The van der Waals surface area contributed by atoms with E-state index >= 15 is 0 Å². The molecule has 0 spiro atoms. The number of thiophene rings is 1. The first kappa shape index (κ1) is 20.5.